The monoisotopic (exact) mass is 386 g/mol. The van der Waals surface area contributed by atoms with E-state index in [1.165, 1.54) is 23.4 Å². The van der Waals surface area contributed by atoms with Crippen molar-refractivity contribution in [3.8, 4) is 5.75 Å². The van der Waals surface area contributed by atoms with Crippen LogP contribution in [-0.4, -0.2) is 56.7 Å². The molecule has 1 aromatic rings. The van der Waals surface area contributed by atoms with E-state index >= 15 is 0 Å². The van der Waals surface area contributed by atoms with Crippen molar-refractivity contribution in [2.24, 2.45) is 5.92 Å². The Morgan fingerprint density at radius 2 is 1.96 bits per heavy atom. The molecule has 1 aliphatic carbocycles. The van der Waals surface area contributed by atoms with Gasteiger partial charge < -0.3 is 4.74 Å². The maximum Gasteiger partial charge on any atom is 0.210 e. The normalized spacial score (nSPS) is 24.5. The number of nitrogens with zero attached hydrogens (tertiary/aromatic N) is 2. The lowest BCUT2D eigenvalue weighted by molar-refractivity contribution is 0.0576. The third-order valence-electron chi connectivity index (χ3n) is 5.20. The second-order valence-electron chi connectivity index (χ2n) is 7.33. The van der Waals surface area contributed by atoms with E-state index in [1.807, 2.05) is 12.1 Å². The first-order valence-electron chi connectivity index (χ1n) is 8.90. The zero-order chi connectivity index (χ0) is 18.0. The number of likely N-dealkylation sites (tertiary alicyclic amines) is 1. The molecule has 0 radical (unpaired) electrons. The molecule has 25 heavy (non-hydrogen) atoms. The molecular weight excluding hydrogens is 360 g/mol. The third-order valence-corrected chi connectivity index (χ3v) is 6.91. The van der Waals surface area contributed by atoms with Crippen LogP contribution in [0.1, 0.15) is 31.2 Å². The van der Waals surface area contributed by atoms with Gasteiger partial charge in [-0.15, -0.1) is 0 Å². The standard InChI is InChI=1S/C18H27ClN2O3S/c1-20(25(2,22)23)12-14-10-16(11-14)24-17-7-5-6-15(18(17)19)13-21-8-3-4-9-21/h5-7,14,16H,3-4,8-13H2,1-2H3. The van der Waals surface area contributed by atoms with E-state index in [0.717, 1.165) is 43.8 Å². The summed E-state index contributed by atoms with van der Waals surface area (Å²) in [4.78, 5) is 2.42. The fraction of sp³-hybridized carbons (Fsp3) is 0.667. The molecule has 0 N–H and O–H groups in total. The Hall–Kier alpha value is -0.820. The molecule has 2 aliphatic rings. The maximum atomic E-state index is 11.5. The van der Waals surface area contributed by atoms with Gasteiger partial charge >= 0.3 is 0 Å². The van der Waals surface area contributed by atoms with Crippen LogP contribution in [0.3, 0.4) is 0 Å². The molecule has 0 spiro atoms. The van der Waals surface area contributed by atoms with Gasteiger partial charge in [0.1, 0.15) is 5.75 Å². The SMILES string of the molecule is CN(CC1CC(Oc2cccc(CN3CCCC3)c2Cl)C1)S(C)(=O)=O. The molecule has 7 heteroatoms. The fourth-order valence-electron chi connectivity index (χ4n) is 3.55. The van der Waals surface area contributed by atoms with Crippen LogP contribution in [-0.2, 0) is 16.6 Å². The van der Waals surface area contributed by atoms with Crippen molar-refractivity contribution in [2.75, 3.05) is 32.9 Å². The van der Waals surface area contributed by atoms with Gasteiger partial charge in [0.05, 0.1) is 17.4 Å². The largest absolute Gasteiger partial charge is 0.489 e. The van der Waals surface area contributed by atoms with Gasteiger partial charge in [-0.25, -0.2) is 12.7 Å². The lowest BCUT2D eigenvalue weighted by atomic mass is 9.82. The van der Waals surface area contributed by atoms with Crippen LogP contribution in [0, 0.1) is 5.92 Å². The van der Waals surface area contributed by atoms with Gasteiger partial charge in [0, 0.05) is 20.1 Å². The van der Waals surface area contributed by atoms with Crippen molar-refractivity contribution in [1.29, 1.82) is 0 Å². The second-order valence-corrected chi connectivity index (χ2v) is 9.80. The first kappa shape index (κ1) is 19.0. The summed E-state index contributed by atoms with van der Waals surface area (Å²) in [5.74, 6) is 1.11. The van der Waals surface area contributed by atoms with E-state index in [0.29, 0.717) is 17.5 Å². The summed E-state index contributed by atoms with van der Waals surface area (Å²) in [5.41, 5.74) is 1.12. The number of sulfonamides is 1. The lowest BCUT2D eigenvalue weighted by Crippen LogP contribution is -2.41. The molecule has 1 heterocycles. The highest BCUT2D eigenvalue weighted by atomic mass is 35.5. The summed E-state index contributed by atoms with van der Waals surface area (Å²) in [6.07, 6.45) is 5.63. The van der Waals surface area contributed by atoms with Crippen LogP contribution < -0.4 is 4.74 Å². The Balaban J connectivity index is 1.52. The molecule has 0 aromatic heterocycles. The summed E-state index contributed by atoms with van der Waals surface area (Å²) in [6.45, 7) is 3.71. The molecule has 0 unspecified atom stereocenters. The molecule has 1 aliphatic heterocycles. The average Bonchev–Trinajstić information content (AvgIpc) is 3.00. The van der Waals surface area contributed by atoms with Crippen molar-refractivity contribution in [2.45, 2.75) is 38.3 Å². The van der Waals surface area contributed by atoms with Crippen LogP contribution in [0.4, 0.5) is 0 Å². The molecule has 0 atom stereocenters. The predicted molar refractivity (Wildman–Crippen MR) is 101 cm³/mol. The Morgan fingerprint density at radius 3 is 2.60 bits per heavy atom. The average molecular weight is 387 g/mol. The van der Waals surface area contributed by atoms with E-state index in [2.05, 4.69) is 11.0 Å². The Bertz CT molecular complexity index is 698. The number of hydrogen-bond acceptors (Lipinski definition) is 4. The minimum Gasteiger partial charge on any atom is -0.489 e. The van der Waals surface area contributed by atoms with E-state index in [4.69, 9.17) is 16.3 Å². The van der Waals surface area contributed by atoms with Crippen molar-refractivity contribution in [3.63, 3.8) is 0 Å². The zero-order valence-corrected chi connectivity index (χ0v) is 16.5. The van der Waals surface area contributed by atoms with Crippen molar-refractivity contribution in [1.82, 2.24) is 9.21 Å². The van der Waals surface area contributed by atoms with Crippen molar-refractivity contribution >= 4 is 21.6 Å². The van der Waals surface area contributed by atoms with Crippen LogP contribution in [0.15, 0.2) is 18.2 Å². The fourth-order valence-corrected chi connectivity index (χ4v) is 4.26. The van der Waals surface area contributed by atoms with Gasteiger partial charge in [0.25, 0.3) is 0 Å². The minimum atomic E-state index is -3.11. The van der Waals surface area contributed by atoms with Gasteiger partial charge in [-0.3, -0.25) is 4.90 Å². The Labute approximate surface area is 155 Å². The van der Waals surface area contributed by atoms with Crippen LogP contribution in [0.2, 0.25) is 5.02 Å². The summed E-state index contributed by atoms with van der Waals surface area (Å²) in [5, 5.41) is 0.714. The van der Waals surface area contributed by atoms with Gasteiger partial charge in [-0.05, 0) is 56.3 Å². The second kappa shape index (κ2) is 7.82. The van der Waals surface area contributed by atoms with Crippen LogP contribution in [0.25, 0.3) is 0 Å². The Kier molecular flexibility index (Phi) is 5.93. The van der Waals surface area contributed by atoms with Crippen molar-refractivity contribution in [3.05, 3.63) is 28.8 Å². The van der Waals surface area contributed by atoms with Crippen molar-refractivity contribution < 1.29 is 13.2 Å². The maximum absolute atomic E-state index is 11.5. The molecule has 1 saturated heterocycles. The molecule has 1 saturated carbocycles. The van der Waals surface area contributed by atoms with Crippen LogP contribution >= 0.6 is 11.6 Å². The smallest absolute Gasteiger partial charge is 0.210 e. The van der Waals surface area contributed by atoms with Gasteiger partial charge in [0.2, 0.25) is 10.0 Å². The van der Waals surface area contributed by atoms with Gasteiger partial charge in [-0.1, -0.05) is 23.7 Å². The zero-order valence-electron chi connectivity index (χ0n) is 14.9. The molecule has 2 fully saturated rings. The topological polar surface area (TPSA) is 49.9 Å². The van der Waals surface area contributed by atoms with E-state index in [9.17, 15) is 8.42 Å². The number of halogens is 1. The molecule has 140 valence electrons. The van der Waals surface area contributed by atoms with E-state index in [-0.39, 0.29) is 6.10 Å². The molecule has 1 aromatic carbocycles. The molecule has 0 amide bonds. The summed E-state index contributed by atoms with van der Waals surface area (Å²) in [6, 6.07) is 5.99. The lowest BCUT2D eigenvalue weighted by Gasteiger charge is -2.37. The predicted octanol–water partition coefficient (Wildman–Crippen LogP) is 2.98. The van der Waals surface area contributed by atoms with E-state index in [1.54, 1.807) is 7.05 Å². The summed E-state index contributed by atoms with van der Waals surface area (Å²) >= 11 is 6.55. The number of hydrogen-bond donors (Lipinski definition) is 0. The quantitative estimate of drug-likeness (QED) is 0.722. The molecule has 0 bridgehead atoms. The first-order chi connectivity index (χ1) is 11.8. The summed E-state index contributed by atoms with van der Waals surface area (Å²) < 4.78 is 30.4. The van der Waals surface area contributed by atoms with Gasteiger partial charge in [0.15, 0.2) is 0 Å². The molecular formula is C18H27ClN2O3S. The highest BCUT2D eigenvalue weighted by Gasteiger charge is 2.33. The highest BCUT2D eigenvalue weighted by molar-refractivity contribution is 7.88. The first-order valence-corrected chi connectivity index (χ1v) is 11.1. The van der Waals surface area contributed by atoms with Gasteiger partial charge in [-0.2, -0.15) is 0 Å². The molecule has 5 nitrogen and oxygen atoms in total. The highest BCUT2D eigenvalue weighted by Crippen LogP contribution is 2.36. The Morgan fingerprint density at radius 1 is 1.28 bits per heavy atom. The number of rotatable bonds is 7. The van der Waals surface area contributed by atoms with E-state index < -0.39 is 10.0 Å². The van der Waals surface area contributed by atoms with Crippen LogP contribution in [0.5, 0.6) is 5.75 Å². The number of ether oxygens (including phenoxy) is 1. The number of benzene rings is 1. The third kappa shape index (κ3) is 4.88. The minimum absolute atomic E-state index is 0.123. The molecule has 3 rings (SSSR count). The summed E-state index contributed by atoms with van der Waals surface area (Å²) in [7, 11) is -1.48.